The van der Waals surface area contributed by atoms with Gasteiger partial charge in [-0.25, -0.2) is 0 Å². The van der Waals surface area contributed by atoms with E-state index >= 15 is 0 Å². The van der Waals surface area contributed by atoms with Crippen LogP contribution in [0.2, 0.25) is 0 Å². The molecule has 1 saturated heterocycles. The highest BCUT2D eigenvalue weighted by molar-refractivity contribution is 5.97. The first-order chi connectivity index (χ1) is 10.2. The molecule has 0 aromatic heterocycles. The fraction of sp³-hybridized carbons (Fsp3) is 0.588. The first-order valence-electron chi connectivity index (χ1n) is 7.97. The molecule has 1 heterocycles. The van der Waals surface area contributed by atoms with Crippen LogP contribution in [0.1, 0.15) is 41.6 Å². The van der Waals surface area contributed by atoms with Gasteiger partial charge in [-0.15, -0.1) is 0 Å². The summed E-state index contributed by atoms with van der Waals surface area (Å²) < 4.78 is 0. The number of phenolic OH excluding ortho intramolecular Hbond substituents is 1. The molecule has 0 bridgehead atoms. The van der Waals surface area contributed by atoms with E-state index in [9.17, 15) is 9.90 Å². The molecule has 1 saturated carbocycles. The third-order valence-electron chi connectivity index (χ3n) is 4.57. The average molecular weight is 288 g/mol. The molecule has 2 fully saturated rings. The summed E-state index contributed by atoms with van der Waals surface area (Å²) in [6.07, 6.45) is 4.56. The van der Waals surface area contributed by atoms with Gasteiger partial charge in [0.1, 0.15) is 5.75 Å². The fourth-order valence-corrected chi connectivity index (χ4v) is 3.13. The van der Waals surface area contributed by atoms with Gasteiger partial charge in [0.25, 0.3) is 5.91 Å². The number of phenols is 1. The Morgan fingerprint density at radius 1 is 1.38 bits per heavy atom. The number of nitrogens with zero attached hydrogens (tertiary/aromatic N) is 1. The van der Waals surface area contributed by atoms with Crippen molar-refractivity contribution in [2.45, 2.75) is 38.6 Å². The van der Waals surface area contributed by atoms with E-state index in [-0.39, 0.29) is 11.7 Å². The standard InChI is InChI=1S/C17H24N2O2/c1-12-4-2-6-15(16(12)20)17(21)19(14-7-8-14)11-13-5-3-9-18-10-13/h2,4,6,13-14,18,20H,3,5,7-11H2,1H3. The minimum absolute atomic E-state index is 0.00993. The van der Waals surface area contributed by atoms with Gasteiger partial charge in [0, 0.05) is 12.6 Å². The number of hydrogen-bond donors (Lipinski definition) is 2. The van der Waals surface area contributed by atoms with E-state index < -0.39 is 0 Å². The molecule has 1 amide bonds. The lowest BCUT2D eigenvalue weighted by Gasteiger charge is -2.30. The van der Waals surface area contributed by atoms with Crippen molar-refractivity contribution >= 4 is 5.91 Å². The maximum Gasteiger partial charge on any atom is 0.257 e. The van der Waals surface area contributed by atoms with Gasteiger partial charge >= 0.3 is 0 Å². The summed E-state index contributed by atoms with van der Waals surface area (Å²) in [5.41, 5.74) is 1.21. The quantitative estimate of drug-likeness (QED) is 0.894. The Bertz CT molecular complexity index is 520. The average Bonchev–Trinajstić information content (AvgIpc) is 3.33. The van der Waals surface area contributed by atoms with Crippen molar-refractivity contribution < 1.29 is 9.90 Å². The first kappa shape index (κ1) is 14.4. The topological polar surface area (TPSA) is 52.6 Å². The summed E-state index contributed by atoms with van der Waals surface area (Å²) in [6, 6.07) is 5.78. The smallest absolute Gasteiger partial charge is 0.257 e. The molecule has 3 rings (SSSR count). The molecule has 0 radical (unpaired) electrons. The molecular formula is C17H24N2O2. The normalized spacial score (nSPS) is 22.0. The lowest BCUT2D eigenvalue weighted by Crippen LogP contribution is -2.42. The molecule has 4 heteroatoms. The number of carbonyl (C=O) groups excluding carboxylic acids is 1. The van der Waals surface area contributed by atoms with Crippen LogP contribution in [0.5, 0.6) is 5.75 Å². The third-order valence-corrected chi connectivity index (χ3v) is 4.57. The summed E-state index contributed by atoms with van der Waals surface area (Å²) in [4.78, 5) is 14.8. The van der Waals surface area contributed by atoms with E-state index in [1.165, 1.54) is 12.8 Å². The molecule has 2 N–H and O–H groups in total. The van der Waals surface area contributed by atoms with Gasteiger partial charge in [0.05, 0.1) is 5.56 Å². The summed E-state index contributed by atoms with van der Waals surface area (Å²) in [6.45, 7) is 4.73. The van der Waals surface area contributed by atoms with E-state index in [0.717, 1.165) is 38.0 Å². The highest BCUT2D eigenvalue weighted by Gasteiger charge is 2.35. The summed E-state index contributed by atoms with van der Waals surface area (Å²) >= 11 is 0. The summed E-state index contributed by atoms with van der Waals surface area (Å²) in [5.74, 6) is 0.662. The second-order valence-corrected chi connectivity index (χ2v) is 6.37. The molecular weight excluding hydrogens is 264 g/mol. The van der Waals surface area contributed by atoms with Gasteiger partial charge in [0.2, 0.25) is 0 Å². The highest BCUT2D eigenvalue weighted by Crippen LogP contribution is 2.32. The molecule has 1 aliphatic carbocycles. The molecule has 4 nitrogen and oxygen atoms in total. The van der Waals surface area contributed by atoms with Gasteiger partial charge < -0.3 is 15.3 Å². The molecule has 1 aromatic carbocycles. The van der Waals surface area contributed by atoms with Crippen molar-refractivity contribution in [3.8, 4) is 5.75 Å². The number of para-hydroxylation sites is 1. The molecule has 2 aliphatic rings. The van der Waals surface area contributed by atoms with Gasteiger partial charge in [-0.05, 0) is 63.2 Å². The van der Waals surface area contributed by atoms with E-state index in [0.29, 0.717) is 17.5 Å². The van der Waals surface area contributed by atoms with Crippen LogP contribution >= 0.6 is 0 Å². The van der Waals surface area contributed by atoms with Gasteiger partial charge in [-0.1, -0.05) is 12.1 Å². The fourth-order valence-electron chi connectivity index (χ4n) is 3.13. The Morgan fingerprint density at radius 2 is 2.19 bits per heavy atom. The van der Waals surface area contributed by atoms with Crippen molar-refractivity contribution in [2.75, 3.05) is 19.6 Å². The van der Waals surface area contributed by atoms with Crippen molar-refractivity contribution in [3.63, 3.8) is 0 Å². The largest absolute Gasteiger partial charge is 0.507 e. The summed E-state index contributed by atoms with van der Waals surface area (Å²) in [5, 5.41) is 13.6. The minimum atomic E-state index is -0.00993. The number of rotatable bonds is 4. The summed E-state index contributed by atoms with van der Waals surface area (Å²) in [7, 11) is 0. The number of hydrogen-bond acceptors (Lipinski definition) is 3. The Morgan fingerprint density at radius 3 is 2.86 bits per heavy atom. The SMILES string of the molecule is Cc1cccc(C(=O)N(CC2CCCNC2)C2CC2)c1O. The zero-order chi connectivity index (χ0) is 14.8. The number of aromatic hydroxyl groups is 1. The van der Waals surface area contributed by atoms with Crippen molar-refractivity contribution in [1.82, 2.24) is 10.2 Å². The van der Waals surface area contributed by atoms with E-state index in [4.69, 9.17) is 0 Å². The first-order valence-corrected chi connectivity index (χ1v) is 7.97. The number of nitrogens with one attached hydrogen (secondary N) is 1. The van der Waals surface area contributed by atoms with E-state index in [2.05, 4.69) is 5.32 Å². The Hall–Kier alpha value is -1.55. The van der Waals surface area contributed by atoms with Crippen molar-refractivity contribution in [3.05, 3.63) is 29.3 Å². The maximum atomic E-state index is 12.8. The van der Waals surface area contributed by atoms with E-state index in [1.807, 2.05) is 24.0 Å². The highest BCUT2D eigenvalue weighted by atomic mass is 16.3. The lowest BCUT2D eigenvalue weighted by atomic mass is 9.98. The van der Waals surface area contributed by atoms with Crippen molar-refractivity contribution in [1.29, 1.82) is 0 Å². The number of aryl methyl sites for hydroxylation is 1. The molecule has 1 unspecified atom stereocenters. The Labute approximate surface area is 126 Å². The monoisotopic (exact) mass is 288 g/mol. The van der Waals surface area contributed by atoms with Crippen LogP contribution in [0.3, 0.4) is 0 Å². The van der Waals surface area contributed by atoms with Crippen LogP contribution in [0, 0.1) is 12.8 Å². The van der Waals surface area contributed by atoms with Crippen LogP contribution in [0.15, 0.2) is 18.2 Å². The zero-order valence-corrected chi connectivity index (χ0v) is 12.6. The number of carbonyl (C=O) groups is 1. The molecule has 1 aromatic rings. The molecule has 21 heavy (non-hydrogen) atoms. The number of amides is 1. The lowest BCUT2D eigenvalue weighted by molar-refractivity contribution is 0.0701. The molecule has 1 aliphatic heterocycles. The number of benzene rings is 1. The second-order valence-electron chi connectivity index (χ2n) is 6.37. The second kappa shape index (κ2) is 6.06. The Balaban J connectivity index is 1.76. The van der Waals surface area contributed by atoms with Crippen molar-refractivity contribution in [2.24, 2.45) is 5.92 Å². The third kappa shape index (κ3) is 3.21. The Kier molecular flexibility index (Phi) is 4.15. The number of piperidine rings is 1. The van der Waals surface area contributed by atoms with Gasteiger partial charge in [0.15, 0.2) is 0 Å². The van der Waals surface area contributed by atoms with Crippen LogP contribution < -0.4 is 5.32 Å². The predicted octanol–water partition coefficient (Wildman–Crippen LogP) is 2.30. The van der Waals surface area contributed by atoms with Crippen LogP contribution in [-0.4, -0.2) is 41.6 Å². The molecule has 0 spiro atoms. The minimum Gasteiger partial charge on any atom is -0.507 e. The zero-order valence-electron chi connectivity index (χ0n) is 12.6. The van der Waals surface area contributed by atoms with E-state index in [1.54, 1.807) is 6.07 Å². The predicted molar refractivity (Wildman–Crippen MR) is 82.5 cm³/mol. The van der Waals surface area contributed by atoms with Crippen LogP contribution in [0.4, 0.5) is 0 Å². The molecule has 114 valence electrons. The van der Waals surface area contributed by atoms with Crippen LogP contribution in [-0.2, 0) is 0 Å². The van der Waals surface area contributed by atoms with Gasteiger partial charge in [-0.3, -0.25) is 4.79 Å². The maximum absolute atomic E-state index is 12.8. The van der Waals surface area contributed by atoms with Crippen LogP contribution in [0.25, 0.3) is 0 Å². The molecule has 1 atom stereocenters. The van der Waals surface area contributed by atoms with Gasteiger partial charge in [-0.2, -0.15) is 0 Å².